The van der Waals surface area contributed by atoms with E-state index in [1.54, 1.807) is 4.90 Å². The molecule has 0 saturated carbocycles. The molecular weight excluding hydrogens is 383 g/mol. The Balaban J connectivity index is 1.82. The van der Waals surface area contributed by atoms with Gasteiger partial charge in [-0.25, -0.2) is 18.4 Å². The standard InChI is InChI=1S/C16H14F3N5O2S/c1-23(11-9-24(10-11)15-13(8-20)21-6-7-22-15)27(25,26)14-5-3-2-4-12(14)16(17,18)19/h2-7,11H,9-10H2,1H3. The maximum absolute atomic E-state index is 13.2. The zero-order valence-corrected chi connectivity index (χ0v) is 14.9. The molecule has 0 atom stereocenters. The summed E-state index contributed by atoms with van der Waals surface area (Å²) in [5.41, 5.74) is -1.10. The molecule has 7 nitrogen and oxygen atoms in total. The molecule has 1 fully saturated rings. The summed E-state index contributed by atoms with van der Waals surface area (Å²) in [6.45, 7) is 0.384. The molecule has 0 radical (unpaired) electrons. The number of halogens is 3. The number of rotatable bonds is 4. The zero-order valence-electron chi connectivity index (χ0n) is 14.1. The van der Waals surface area contributed by atoms with E-state index in [9.17, 15) is 21.6 Å². The van der Waals surface area contributed by atoms with Crippen LogP contribution in [0.15, 0.2) is 41.6 Å². The number of aromatic nitrogens is 2. The summed E-state index contributed by atoms with van der Waals surface area (Å²) in [6, 6.07) is 5.43. The van der Waals surface area contributed by atoms with Gasteiger partial charge < -0.3 is 4.90 Å². The minimum absolute atomic E-state index is 0.101. The van der Waals surface area contributed by atoms with Crippen LogP contribution >= 0.6 is 0 Å². The summed E-state index contributed by atoms with van der Waals surface area (Å²) in [5, 5.41) is 9.05. The van der Waals surface area contributed by atoms with Crippen LogP contribution in [0.1, 0.15) is 11.3 Å². The molecule has 11 heteroatoms. The summed E-state index contributed by atoms with van der Waals surface area (Å²) >= 11 is 0. The lowest BCUT2D eigenvalue weighted by atomic mass is 10.1. The highest BCUT2D eigenvalue weighted by Crippen LogP contribution is 2.36. The SMILES string of the molecule is CN(C1CN(c2nccnc2C#N)C1)S(=O)(=O)c1ccccc1C(F)(F)F. The Morgan fingerprint density at radius 3 is 2.48 bits per heavy atom. The van der Waals surface area contributed by atoms with Gasteiger partial charge >= 0.3 is 6.18 Å². The van der Waals surface area contributed by atoms with Gasteiger partial charge in [-0.2, -0.15) is 22.7 Å². The van der Waals surface area contributed by atoms with Crippen molar-refractivity contribution in [2.24, 2.45) is 0 Å². The number of hydrogen-bond donors (Lipinski definition) is 0. The predicted octanol–water partition coefficient (Wildman–Crippen LogP) is 1.88. The van der Waals surface area contributed by atoms with Crippen LogP contribution in [0.5, 0.6) is 0 Å². The number of likely N-dealkylation sites (N-methyl/N-ethyl adjacent to an activating group) is 1. The summed E-state index contributed by atoms with van der Waals surface area (Å²) in [7, 11) is -3.11. The second-order valence-corrected chi connectivity index (χ2v) is 7.88. The van der Waals surface area contributed by atoms with Crippen LogP contribution in [0.2, 0.25) is 0 Å². The van der Waals surface area contributed by atoms with E-state index in [2.05, 4.69) is 9.97 Å². The van der Waals surface area contributed by atoms with Gasteiger partial charge in [0.1, 0.15) is 6.07 Å². The lowest BCUT2D eigenvalue weighted by molar-refractivity contribution is -0.139. The Kier molecular flexibility index (Phi) is 4.79. The molecule has 0 unspecified atom stereocenters. The van der Waals surface area contributed by atoms with Crippen LogP contribution in [0.3, 0.4) is 0 Å². The molecule has 1 aromatic heterocycles. The van der Waals surface area contributed by atoms with Gasteiger partial charge in [0.25, 0.3) is 0 Å². The highest BCUT2D eigenvalue weighted by atomic mass is 32.2. The second kappa shape index (κ2) is 6.79. The Morgan fingerprint density at radius 2 is 1.85 bits per heavy atom. The van der Waals surface area contributed by atoms with Crippen molar-refractivity contribution in [2.75, 3.05) is 25.0 Å². The first-order valence-corrected chi connectivity index (χ1v) is 9.20. The molecule has 0 spiro atoms. The van der Waals surface area contributed by atoms with Crippen LogP contribution < -0.4 is 4.90 Å². The van der Waals surface area contributed by atoms with Crippen molar-refractivity contribution in [2.45, 2.75) is 17.1 Å². The minimum Gasteiger partial charge on any atom is -0.351 e. The Bertz CT molecular complexity index is 998. The molecular formula is C16H14F3N5O2S. The lowest BCUT2D eigenvalue weighted by Gasteiger charge is -2.44. The largest absolute Gasteiger partial charge is 0.417 e. The van der Waals surface area contributed by atoms with Gasteiger partial charge in [0.2, 0.25) is 10.0 Å². The Labute approximate surface area is 153 Å². The number of benzene rings is 1. The average molecular weight is 397 g/mol. The van der Waals surface area contributed by atoms with Gasteiger partial charge in [-0.05, 0) is 12.1 Å². The maximum Gasteiger partial charge on any atom is 0.417 e. The van der Waals surface area contributed by atoms with E-state index in [0.29, 0.717) is 5.82 Å². The van der Waals surface area contributed by atoms with Gasteiger partial charge in [-0.15, -0.1) is 0 Å². The van der Waals surface area contributed by atoms with Crippen molar-refractivity contribution in [3.05, 3.63) is 47.9 Å². The molecule has 0 N–H and O–H groups in total. The fraction of sp³-hybridized carbons (Fsp3) is 0.312. The van der Waals surface area contributed by atoms with E-state index in [-0.39, 0.29) is 18.8 Å². The summed E-state index contributed by atoms with van der Waals surface area (Å²) in [4.78, 5) is 8.81. The smallest absolute Gasteiger partial charge is 0.351 e. The molecule has 1 aliphatic heterocycles. The van der Waals surface area contributed by atoms with E-state index in [1.165, 1.54) is 25.5 Å². The Hall–Kier alpha value is -2.71. The van der Waals surface area contributed by atoms with E-state index in [1.807, 2.05) is 6.07 Å². The van der Waals surface area contributed by atoms with Crippen LogP contribution in [0.25, 0.3) is 0 Å². The zero-order chi connectivity index (χ0) is 19.8. The number of anilines is 1. The Morgan fingerprint density at radius 1 is 1.22 bits per heavy atom. The fourth-order valence-corrected chi connectivity index (χ4v) is 4.32. The van der Waals surface area contributed by atoms with Gasteiger partial charge in [-0.3, -0.25) is 0 Å². The minimum atomic E-state index is -4.78. The molecule has 1 aliphatic rings. The number of alkyl halides is 3. The first kappa shape index (κ1) is 19.1. The summed E-state index contributed by atoms with van der Waals surface area (Å²) in [5.74, 6) is 0.317. The van der Waals surface area contributed by atoms with Crippen molar-refractivity contribution in [1.82, 2.24) is 14.3 Å². The van der Waals surface area contributed by atoms with Crippen molar-refractivity contribution < 1.29 is 21.6 Å². The van der Waals surface area contributed by atoms with Crippen LogP contribution in [-0.2, 0) is 16.2 Å². The summed E-state index contributed by atoms with van der Waals surface area (Å²) < 4.78 is 65.9. The number of nitriles is 1. The third-order valence-corrected chi connectivity index (χ3v) is 6.28. The van der Waals surface area contributed by atoms with Gasteiger partial charge in [-0.1, -0.05) is 12.1 Å². The second-order valence-electron chi connectivity index (χ2n) is 5.91. The monoisotopic (exact) mass is 397 g/mol. The summed E-state index contributed by atoms with van der Waals surface area (Å²) in [6.07, 6.45) is -2.01. The number of sulfonamides is 1. The molecule has 0 amide bonds. The molecule has 0 aliphatic carbocycles. The van der Waals surface area contributed by atoms with Gasteiger partial charge in [0.15, 0.2) is 11.5 Å². The molecule has 27 heavy (non-hydrogen) atoms. The van der Waals surface area contributed by atoms with Crippen molar-refractivity contribution in [1.29, 1.82) is 5.26 Å². The fourth-order valence-electron chi connectivity index (χ4n) is 2.78. The molecule has 142 valence electrons. The molecule has 1 aromatic carbocycles. The molecule has 3 rings (SSSR count). The van der Waals surface area contributed by atoms with Crippen molar-refractivity contribution >= 4 is 15.8 Å². The van der Waals surface area contributed by atoms with Crippen LogP contribution in [-0.4, -0.2) is 48.9 Å². The number of nitrogens with zero attached hydrogens (tertiary/aromatic N) is 5. The first-order chi connectivity index (χ1) is 12.7. The van der Waals surface area contributed by atoms with E-state index >= 15 is 0 Å². The normalized spacial score (nSPS) is 15.5. The molecule has 0 bridgehead atoms. The number of hydrogen-bond acceptors (Lipinski definition) is 6. The predicted molar refractivity (Wildman–Crippen MR) is 89.1 cm³/mol. The van der Waals surface area contributed by atoms with Crippen molar-refractivity contribution in [3.63, 3.8) is 0 Å². The molecule has 1 saturated heterocycles. The van der Waals surface area contributed by atoms with E-state index < -0.39 is 32.7 Å². The quantitative estimate of drug-likeness (QED) is 0.783. The average Bonchev–Trinajstić information content (AvgIpc) is 2.60. The van der Waals surface area contributed by atoms with Crippen LogP contribution in [0.4, 0.5) is 19.0 Å². The highest BCUT2D eigenvalue weighted by Gasteiger charge is 2.42. The van der Waals surface area contributed by atoms with Gasteiger partial charge in [0.05, 0.1) is 16.5 Å². The van der Waals surface area contributed by atoms with E-state index in [4.69, 9.17) is 5.26 Å². The topological polar surface area (TPSA) is 90.2 Å². The van der Waals surface area contributed by atoms with Crippen LogP contribution in [0, 0.1) is 11.3 Å². The van der Waals surface area contributed by atoms with E-state index in [0.717, 1.165) is 22.5 Å². The van der Waals surface area contributed by atoms with Crippen molar-refractivity contribution in [3.8, 4) is 6.07 Å². The molecule has 2 aromatic rings. The first-order valence-electron chi connectivity index (χ1n) is 7.76. The molecule has 2 heterocycles. The highest BCUT2D eigenvalue weighted by molar-refractivity contribution is 7.89. The lowest BCUT2D eigenvalue weighted by Crippen LogP contribution is -2.60. The third kappa shape index (κ3) is 3.45. The van der Waals surface area contributed by atoms with Gasteiger partial charge in [0, 0.05) is 32.5 Å². The maximum atomic E-state index is 13.2. The third-order valence-electron chi connectivity index (χ3n) is 4.31.